The van der Waals surface area contributed by atoms with Crippen molar-refractivity contribution in [3.05, 3.63) is 69.7 Å². The number of aryl methyl sites for hydroxylation is 1. The standard InChI is InChI=1S/C15H14ClF2N/c1-9-3-4-11(8-14(9)18)15(19-2)10-5-6-13(17)12(16)7-10/h3-8,15,19H,1-2H3. The van der Waals surface area contributed by atoms with Crippen LogP contribution in [0, 0.1) is 18.6 Å². The summed E-state index contributed by atoms with van der Waals surface area (Å²) in [4.78, 5) is 0. The minimum Gasteiger partial charge on any atom is -0.309 e. The van der Waals surface area contributed by atoms with E-state index in [2.05, 4.69) is 5.32 Å². The van der Waals surface area contributed by atoms with Crippen molar-refractivity contribution in [3.8, 4) is 0 Å². The van der Waals surface area contributed by atoms with E-state index < -0.39 is 5.82 Å². The lowest BCUT2D eigenvalue weighted by Gasteiger charge is -2.18. The van der Waals surface area contributed by atoms with Gasteiger partial charge < -0.3 is 5.32 Å². The molecule has 4 heteroatoms. The summed E-state index contributed by atoms with van der Waals surface area (Å²) < 4.78 is 26.8. The molecule has 0 saturated heterocycles. The summed E-state index contributed by atoms with van der Waals surface area (Å²) in [6.07, 6.45) is 0. The average Bonchev–Trinajstić information content (AvgIpc) is 2.39. The van der Waals surface area contributed by atoms with E-state index in [0.717, 1.165) is 11.1 Å². The van der Waals surface area contributed by atoms with Crippen molar-refractivity contribution in [3.63, 3.8) is 0 Å². The van der Waals surface area contributed by atoms with E-state index in [9.17, 15) is 8.78 Å². The van der Waals surface area contributed by atoms with Gasteiger partial charge >= 0.3 is 0 Å². The Morgan fingerprint density at radius 1 is 1.00 bits per heavy atom. The lowest BCUT2D eigenvalue weighted by atomic mass is 9.97. The van der Waals surface area contributed by atoms with Crippen LogP contribution in [0.2, 0.25) is 5.02 Å². The van der Waals surface area contributed by atoms with Gasteiger partial charge in [0.1, 0.15) is 11.6 Å². The third-order valence-electron chi connectivity index (χ3n) is 3.09. The maximum Gasteiger partial charge on any atom is 0.141 e. The monoisotopic (exact) mass is 281 g/mol. The molecule has 2 rings (SSSR count). The van der Waals surface area contributed by atoms with Crippen molar-refractivity contribution < 1.29 is 8.78 Å². The highest BCUT2D eigenvalue weighted by atomic mass is 35.5. The summed E-state index contributed by atoms with van der Waals surface area (Å²) in [5, 5.41) is 3.14. The summed E-state index contributed by atoms with van der Waals surface area (Å²) >= 11 is 5.78. The fourth-order valence-corrected chi connectivity index (χ4v) is 2.20. The van der Waals surface area contributed by atoms with Crippen molar-refractivity contribution in [2.24, 2.45) is 0 Å². The summed E-state index contributed by atoms with van der Waals surface area (Å²) in [6, 6.07) is 9.32. The minimum absolute atomic E-state index is 0.0605. The normalized spacial score (nSPS) is 12.5. The Balaban J connectivity index is 2.43. The lowest BCUT2D eigenvalue weighted by molar-refractivity contribution is 0.606. The van der Waals surface area contributed by atoms with Crippen LogP contribution in [0.3, 0.4) is 0 Å². The van der Waals surface area contributed by atoms with Gasteiger partial charge in [-0.05, 0) is 48.9 Å². The first-order chi connectivity index (χ1) is 9.02. The SMILES string of the molecule is CNC(c1ccc(C)c(F)c1)c1ccc(F)c(Cl)c1. The van der Waals surface area contributed by atoms with E-state index in [0.29, 0.717) is 5.56 Å². The molecule has 1 unspecified atom stereocenters. The molecule has 0 aliphatic rings. The molecule has 1 nitrogen and oxygen atoms in total. The fourth-order valence-electron chi connectivity index (χ4n) is 2.01. The van der Waals surface area contributed by atoms with Gasteiger partial charge in [-0.15, -0.1) is 0 Å². The van der Waals surface area contributed by atoms with E-state index in [1.54, 1.807) is 32.2 Å². The third-order valence-corrected chi connectivity index (χ3v) is 3.38. The molecular weight excluding hydrogens is 268 g/mol. The summed E-state index contributed by atoms with van der Waals surface area (Å²) in [6.45, 7) is 1.71. The first kappa shape index (κ1) is 14.0. The molecule has 0 radical (unpaired) electrons. The fraction of sp³-hybridized carbons (Fsp3) is 0.200. The first-order valence-electron chi connectivity index (χ1n) is 5.91. The number of benzene rings is 2. The summed E-state index contributed by atoms with van der Waals surface area (Å²) in [5.41, 5.74) is 2.15. The maximum absolute atomic E-state index is 13.6. The average molecular weight is 282 g/mol. The zero-order valence-electron chi connectivity index (χ0n) is 10.7. The van der Waals surface area contributed by atoms with Crippen LogP contribution in [0.4, 0.5) is 8.78 Å². The second kappa shape index (κ2) is 5.68. The lowest BCUT2D eigenvalue weighted by Crippen LogP contribution is -2.18. The smallest absolute Gasteiger partial charge is 0.141 e. The molecule has 19 heavy (non-hydrogen) atoms. The Bertz CT molecular complexity index is 547. The Labute approximate surface area is 116 Å². The minimum atomic E-state index is -0.463. The van der Waals surface area contributed by atoms with Gasteiger partial charge in [-0.3, -0.25) is 0 Å². The number of halogens is 3. The van der Waals surface area contributed by atoms with Crippen LogP contribution in [-0.2, 0) is 0 Å². The Morgan fingerprint density at radius 3 is 2.21 bits per heavy atom. The van der Waals surface area contributed by atoms with Gasteiger partial charge in [0.15, 0.2) is 0 Å². The Morgan fingerprint density at radius 2 is 1.63 bits per heavy atom. The maximum atomic E-state index is 13.6. The molecule has 0 saturated carbocycles. The van der Waals surface area contributed by atoms with E-state index in [4.69, 9.17) is 11.6 Å². The molecule has 0 fully saturated rings. The van der Waals surface area contributed by atoms with Crippen molar-refractivity contribution in [2.75, 3.05) is 7.05 Å². The molecule has 1 atom stereocenters. The topological polar surface area (TPSA) is 12.0 Å². The van der Waals surface area contributed by atoms with Crippen LogP contribution >= 0.6 is 11.6 Å². The van der Waals surface area contributed by atoms with E-state index in [1.165, 1.54) is 12.1 Å². The molecule has 0 bridgehead atoms. The summed E-state index contributed by atoms with van der Waals surface area (Å²) in [7, 11) is 1.76. The van der Waals surface area contributed by atoms with Crippen LogP contribution in [0.25, 0.3) is 0 Å². The third kappa shape index (κ3) is 2.94. The second-order valence-electron chi connectivity index (χ2n) is 4.40. The molecule has 1 N–H and O–H groups in total. The van der Waals surface area contributed by atoms with Crippen LogP contribution in [0.15, 0.2) is 36.4 Å². The van der Waals surface area contributed by atoms with Gasteiger partial charge in [-0.2, -0.15) is 0 Å². The van der Waals surface area contributed by atoms with Crippen LogP contribution in [0.5, 0.6) is 0 Å². The quantitative estimate of drug-likeness (QED) is 0.887. The first-order valence-corrected chi connectivity index (χ1v) is 6.29. The van der Waals surface area contributed by atoms with Gasteiger partial charge in [0.2, 0.25) is 0 Å². The van der Waals surface area contributed by atoms with Gasteiger partial charge in [0.25, 0.3) is 0 Å². The predicted octanol–water partition coefficient (Wildman–Crippen LogP) is 4.24. The molecule has 0 amide bonds. The highest BCUT2D eigenvalue weighted by Gasteiger charge is 2.14. The van der Waals surface area contributed by atoms with Gasteiger partial charge in [-0.25, -0.2) is 8.78 Å². The van der Waals surface area contributed by atoms with Gasteiger partial charge in [-0.1, -0.05) is 29.8 Å². The molecule has 100 valence electrons. The van der Waals surface area contributed by atoms with Crippen LogP contribution in [0.1, 0.15) is 22.7 Å². The van der Waals surface area contributed by atoms with Crippen molar-refractivity contribution >= 4 is 11.6 Å². The Hall–Kier alpha value is -1.45. The molecule has 0 aliphatic heterocycles. The molecule has 2 aromatic rings. The highest BCUT2D eigenvalue weighted by molar-refractivity contribution is 6.30. The van der Waals surface area contributed by atoms with Gasteiger partial charge in [0, 0.05) is 0 Å². The van der Waals surface area contributed by atoms with E-state index in [1.807, 2.05) is 6.07 Å². The molecule has 0 spiro atoms. The number of hydrogen-bond acceptors (Lipinski definition) is 1. The number of nitrogens with one attached hydrogen (secondary N) is 1. The number of rotatable bonds is 3. The van der Waals surface area contributed by atoms with Crippen molar-refractivity contribution in [1.82, 2.24) is 5.32 Å². The number of hydrogen-bond donors (Lipinski definition) is 1. The molecule has 2 aromatic carbocycles. The zero-order valence-corrected chi connectivity index (χ0v) is 11.4. The molecule has 0 aliphatic carbocycles. The molecule has 0 heterocycles. The summed E-state index contributed by atoms with van der Waals surface area (Å²) in [5.74, 6) is -0.721. The van der Waals surface area contributed by atoms with Gasteiger partial charge in [0.05, 0.1) is 11.1 Å². The second-order valence-corrected chi connectivity index (χ2v) is 4.81. The van der Waals surface area contributed by atoms with E-state index >= 15 is 0 Å². The zero-order chi connectivity index (χ0) is 14.0. The Kier molecular flexibility index (Phi) is 4.17. The van der Waals surface area contributed by atoms with Crippen LogP contribution < -0.4 is 5.32 Å². The van der Waals surface area contributed by atoms with Crippen LogP contribution in [-0.4, -0.2) is 7.05 Å². The highest BCUT2D eigenvalue weighted by Crippen LogP contribution is 2.26. The van der Waals surface area contributed by atoms with E-state index in [-0.39, 0.29) is 16.9 Å². The van der Waals surface area contributed by atoms with Crippen molar-refractivity contribution in [1.29, 1.82) is 0 Å². The predicted molar refractivity (Wildman–Crippen MR) is 73.4 cm³/mol. The van der Waals surface area contributed by atoms with Crippen molar-refractivity contribution in [2.45, 2.75) is 13.0 Å². The largest absolute Gasteiger partial charge is 0.309 e. The molecule has 0 aromatic heterocycles. The molecular formula is C15H14ClF2N.